The van der Waals surface area contributed by atoms with Gasteiger partial charge in [0.25, 0.3) is 0 Å². The van der Waals surface area contributed by atoms with E-state index in [0.29, 0.717) is 0 Å². The Morgan fingerprint density at radius 1 is 0.270 bits per heavy atom. The van der Waals surface area contributed by atoms with Gasteiger partial charge in [-0.05, 0) is 48.5 Å². The second kappa shape index (κ2) is 22.1. The van der Waals surface area contributed by atoms with Crippen LogP contribution in [0.4, 0.5) is 0 Å². The minimum atomic E-state index is -0.212. The summed E-state index contributed by atoms with van der Waals surface area (Å²) in [6.45, 7) is 18.4. The minimum absolute atomic E-state index is 0. The maximum Gasteiger partial charge on any atom is 0.0908 e. The topological polar surface area (TPSA) is 0 Å². The molecule has 0 nitrogen and oxygen atoms in total. The summed E-state index contributed by atoms with van der Waals surface area (Å²) in [5.41, 5.74) is 0. The van der Waals surface area contributed by atoms with Crippen LogP contribution in [0.1, 0.15) is 0 Å². The Bertz CT molecular complexity index is 849. The van der Waals surface area contributed by atoms with Crippen molar-refractivity contribution >= 4 is 52.9 Å². The molecule has 202 valence electrons. The molecule has 0 spiro atoms. The molecule has 0 saturated heterocycles. The van der Waals surface area contributed by atoms with Gasteiger partial charge in [-0.15, -0.1) is 0 Å². The van der Waals surface area contributed by atoms with E-state index in [1.54, 1.807) is 0 Å². The Morgan fingerprint density at radius 3 is 0.486 bits per heavy atom. The molecule has 0 fully saturated rings. The van der Waals surface area contributed by atoms with Crippen molar-refractivity contribution < 1.29 is 20.4 Å². The zero-order valence-corrected chi connectivity index (χ0v) is 29.4. The summed E-state index contributed by atoms with van der Waals surface area (Å²) in [4.78, 5) is 0. The van der Waals surface area contributed by atoms with Gasteiger partial charge in [0.15, 0.2) is 0 Å². The Morgan fingerprint density at radius 2 is 0.405 bits per heavy atom. The molecule has 0 aromatic heterocycles. The summed E-state index contributed by atoms with van der Waals surface area (Å²) >= 11 is 0. The van der Waals surface area contributed by atoms with Crippen molar-refractivity contribution in [2.45, 2.75) is 0 Å². The van der Waals surface area contributed by atoms with E-state index >= 15 is 0 Å². The van der Waals surface area contributed by atoms with Gasteiger partial charge in [0, 0.05) is 52.1 Å². The van der Waals surface area contributed by atoms with Gasteiger partial charge in [0.2, 0.25) is 0 Å². The molecule has 0 aliphatic carbocycles. The number of hydrogen-bond donors (Lipinski definition) is 0. The standard InChI is InChI=1S/4C8H11P.Pd/c4*1-9(2)8-6-4-3-5-7-8;/h4*3-7H,1-2H3;/p+4. The third-order valence-electron chi connectivity index (χ3n) is 5.40. The number of rotatable bonds is 4. The molecule has 37 heavy (non-hydrogen) atoms. The van der Waals surface area contributed by atoms with E-state index < -0.39 is 0 Å². The van der Waals surface area contributed by atoms with E-state index in [1.807, 2.05) is 0 Å². The van der Waals surface area contributed by atoms with Crippen molar-refractivity contribution in [3.8, 4) is 0 Å². The van der Waals surface area contributed by atoms with E-state index in [9.17, 15) is 0 Å². The van der Waals surface area contributed by atoms with Crippen LogP contribution in [0.5, 0.6) is 0 Å². The fourth-order valence-corrected chi connectivity index (χ4v) is 6.52. The van der Waals surface area contributed by atoms with E-state index in [0.717, 1.165) is 0 Å². The molecule has 0 N–H and O–H groups in total. The molecule has 0 radical (unpaired) electrons. The van der Waals surface area contributed by atoms with Crippen molar-refractivity contribution in [1.82, 2.24) is 0 Å². The molecule has 0 saturated carbocycles. The third-order valence-corrected chi connectivity index (χ3v) is 11.4. The Balaban J connectivity index is 0.000000463. The maximum absolute atomic E-state index is 2.31. The molecule has 4 aromatic carbocycles. The molecular weight excluding hydrogens is 615 g/mol. The van der Waals surface area contributed by atoms with Gasteiger partial charge in [0.1, 0.15) is 0 Å². The summed E-state index contributed by atoms with van der Waals surface area (Å²) in [5.74, 6) is 0. The van der Waals surface area contributed by atoms with E-state index in [4.69, 9.17) is 0 Å². The van der Waals surface area contributed by atoms with Gasteiger partial charge >= 0.3 is 0 Å². The smallest absolute Gasteiger partial charge is 0.0620 e. The van der Waals surface area contributed by atoms with Gasteiger partial charge in [-0.1, -0.05) is 72.8 Å². The minimum Gasteiger partial charge on any atom is -0.0620 e. The van der Waals surface area contributed by atoms with E-state index in [-0.39, 0.29) is 52.1 Å². The van der Waals surface area contributed by atoms with Gasteiger partial charge in [-0.3, -0.25) is 0 Å². The van der Waals surface area contributed by atoms with Gasteiger partial charge in [0.05, 0.1) is 74.5 Å². The van der Waals surface area contributed by atoms with E-state index in [1.165, 1.54) is 21.2 Å². The first-order valence-electron chi connectivity index (χ1n) is 12.6. The van der Waals surface area contributed by atoms with Crippen molar-refractivity contribution in [3.05, 3.63) is 121 Å². The predicted octanol–water partition coefficient (Wildman–Crippen LogP) is 7.14. The molecule has 0 amide bonds. The summed E-state index contributed by atoms with van der Waals surface area (Å²) < 4.78 is 0. The molecule has 0 atom stereocenters. The molecule has 4 aromatic rings. The summed E-state index contributed by atoms with van der Waals surface area (Å²) in [5, 5.41) is 6.06. The first-order valence-corrected chi connectivity index (χ1v) is 22.6. The van der Waals surface area contributed by atoms with Crippen LogP contribution in [0.25, 0.3) is 0 Å². The monoisotopic (exact) mass is 662 g/mol. The molecule has 5 heteroatoms. The van der Waals surface area contributed by atoms with Crippen LogP contribution >= 0.6 is 31.7 Å². The first kappa shape index (κ1) is 36.3. The first-order chi connectivity index (χ1) is 17.2. The second-order valence-electron chi connectivity index (χ2n) is 9.46. The quantitative estimate of drug-likeness (QED) is 0.161. The van der Waals surface area contributed by atoms with Crippen molar-refractivity contribution in [2.24, 2.45) is 0 Å². The fourth-order valence-electron chi connectivity index (χ4n) is 3.09. The molecule has 0 heterocycles. The van der Waals surface area contributed by atoms with Crippen molar-refractivity contribution in [1.29, 1.82) is 0 Å². The SMILES string of the molecule is C[PH+](C)c1ccccc1.C[PH+](C)c1ccccc1.C[PH+](C)c1ccccc1.C[PH+](C)c1ccccc1.[Pd]. The van der Waals surface area contributed by atoms with Crippen LogP contribution in [-0.4, -0.2) is 53.3 Å². The van der Waals surface area contributed by atoms with Gasteiger partial charge in [-0.25, -0.2) is 0 Å². The van der Waals surface area contributed by atoms with Crippen molar-refractivity contribution in [2.75, 3.05) is 53.3 Å². The molecule has 0 aliphatic heterocycles. The average Bonchev–Trinajstić information content (AvgIpc) is 2.92. The molecular formula is C32H48P4Pd+4. The van der Waals surface area contributed by atoms with Crippen LogP contribution < -0.4 is 21.2 Å². The predicted molar refractivity (Wildman–Crippen MR) is 185 cm³/mol. The number of hydrogen-bond acceptors (Lipinski definition) is 0. The Labute approximate surface area is 246 Å². The second-order valence-corrected chi connectivity index (χ2v) is 19.8. The Hall–Kier alpha value is -0.738. The summed E-state index contributed by atoms with van der Waals surface area (Å²) in [7, 11) is -0.849. The molecule has 0 aliphatic rings. The summed E-state index contributed by atoms with van der Waals surface area (Å²) in [6, 6.07) is 42.7. The van der Waals surface area contributed by atoms with Gasteiger partial charge in [-0.2, -0.15) is 0 Å². The average molecular weight is 663 g/mol. The molecule has 0 bridgehead atoms. The van der Waals surface area contributed by atoms with Gasteiger partial charge < -0.3 is 0 Å². The third kappa shape index (κ3) is 17.5. The zero-order chi connectivity index (χ0) is 26.8. The van der Waals surface area contributed by atoms with Crippen LogP contribution in [0.2, 0.25) is 0 Å². The maximum atomic E-state index is 2.31. The van der Waals surface area contributed by atoms with Crippen LogP contribution in [0.15, 0.2) is 121 Å². The van der Waals surface area contributed by atoms with E-state index in [2.05, 4.69) is 175 Å². The number of benzene rings is 4. The van der Waals surface area contributed by atoms with Crippen molar-refractivity contribution in [3.63, 3.8) is 0 Å². The fraction of sp³-hybridized carbons (Fsp3) is 0.250. The van der Waals surface area contributed by atoms with Crippen LogP contribution in [-0.2, 0) is 20.4 Å². The van der Waals surface area contributed by atoms with Crippen LogP contribution in [0, 0.1) is 0 Å². The molecule has 4 rings (SSSR count). The molecule has 0 unspecified atom stereocenters. The normalized spacial score (nSPS) is 9.84. The summed E-state index contributed by atoms with van der Waals surface area (Å²) in [6.07, 6.45) is 0. The van der Waals surface area contributed by atoms with Crippen LogP contribution in [0.3, 0.4) is 0 Å². The largest absolute Gasteiger partial charge is 0.0908 e. The zero-order valence-electron chi connectivity index (χ0n) is 23.9. The Kier molecular flexibility index (Phi) is 21.7.